The van der Waals surface area contributed by atoms with Gasteiger partial charge >= 0.3 is 0 Å². The van der Waals surface area contributed by atoms with Crippen molar-refractivity contribution in [2.45, 2.75) is 0 Å². The SMILES string of the molecule is Brc1ccc(-c2ccc3c(c2)oc2c4ccccc4c4ccccc4c32)cc1.Nc1ccc2ccccc2c1.c1ccc2cc(Nc3ccc(-c4ccc5c(c4)oc4c6ccccc6c6ccccc6c54)cc3)ccc2c1. The molecule has 0 aliphatic carbocycles. The summed E-state index contributed by atoms with van der Waals surface area (Å²) in [5.41, 5.74) is 17.0. The van der Waals surface area contributed by atoms with Crippen LogP contribution >= 0.6 is 15.9 Å². The van der Waals surface area contributed by atoms with Crippen LogP contribution in [0, 0.1) is 0 Å². The van der Waals surface area contributed by atoms with Crippen molar-refractivity contribution < 1.29 is 8.83 Å². The summed E-state index contributed by atoms with van der Waals surface area (Å²) < 4.78 is 14.1. The lowest BCUT2D eigenvalue weighted by Crippen LogP contribution is -1.90. The van der Waals surface area contributed by atoms with E-state index in [2.05, 4.69) is 258 Å². The molecule has 0 radical (unpaired) electrons. The van der Waals surface area contributed by atoms with Crippen molar-refractivity contribution in [2.75, 3.05) is 11.1 Å². The maximum Gasteiger partial charge on any atom is 0.143 e. The van der Waals surface area contributed by atoms with Gasteiger partial charge in [0.25, 0.3) is 0 Å². The molecule has 77 heavy (non-hydrogen) atoms. The van der Waals surface area contributed by atoms with E-state index < -0.39 is 0 Å². The number of furan rings is 2. The summed E-state index contributed by atoms with van der Waals surface area (Å²) in [7, 11) is 0. The van der Waals surface area contributed by atoms with Crippen LogP contribution in [0.3, 0.4) is 0 Å². The van der Waals surface area contributed by atoms with Crippen LogP contribution < -0.4 is 11.1 Å². The Morgan fingerprint density at radius 3 is 1.17 bits per heavy atom. The highest BCUT2D eigenvalue weighted by Gasteiger charge is 2.18. The van der Waals surface area contributed by atoms with Crippen LogP contribution in [0.25, 0.3) is 131 Å². The standard InChI is InChI=1S/C36H23NO.C26H15BrO.C10H9N/c1-2-8-25-21-28(19-15-23(25)7-1)37-27-17-13-24(14-18-27)26-16-20-33-34(22-26)38-36-32-12-6-4-10-30(32)29-9-3-5-11-31(29)35(33)36;27-18-12-9-16(10-13-18)17-11-14-23-24(15-17)28-26-22-8-4-2-6-20(22)19-5-1-3-7-21(19)25(23)26;11-10-6-5-8-3-1-2-4-9(8)7-10/h1-22,37H;1-15H;1-7H,11H2. The number of halogens is 1. The van der Waals surface area contributed by atoms with Crippen molar-refractivity contribution in [1.82, 2.24) is 0 Å². The summed E-state index contributed by atoms with van der Waals surface area (Å²) in [4.78, 5) is 0. The molecular weight excluding hydrogens is 1000 g/mol. The fourth-order valence-corrected chi connectivity index (χ4v) is 11.5. The molecule has 2 heterocycles. The number of anilines is 3. The quantitative estimate of drug-likeness (QED) is 0.136. The average Bonchev–Trinajstić information content (AvgIpc) is 4.26. The number of fused-ring (bicyclic) bond motifs is 18. The second-order valence-corrected chi connectivity index (χ2v) is 20.5. The molecule has 5 heteroatoms. The van der Waals surface area contributed by atoms with Crippen LogP contribution in [0.5, 0.6) is 0 Å². The summed E-state index contributed by atoms with van der Waals surface area (Å²) in [6, 6.07) is 93.4. The Bertz CT molecular complexity index is 4920. The molecular formula is C72H47BrN2O2. The van der Waals surface area contributed by atoms with Gasteiger partial charge in [0.05, 0.1) is 0 Å². The molecule has 14 aromatic carbocycles. The van der Waals surface area contributed by atoms with E-state index in [0.29, 0.717) is 0 Å². The van der Waals surface area contributed by atoms with Crippen LogP contribution in [-0.4, -0.2) is 0 Å². The van der Waals surface area contributed by atoms with Gasteiger partial charge in [-0.25, -0.2) is 0 Å². The summed E-state index contributed by atoms with van der Waals surface area (Å²) in [5, 5.41) is 22.9. The Labute approximate surface area is 452 Å². The van der Waals surface area contributed by atoms with E-state index in [9.17, 15) is 0 Å². The Kier molecular flexibility index (Phi) is 11.5. The van der Waals surface area contributed by atoms with Crippen LogP contribution in [-0.2, 0) is 0 Å². The Morgan fingerprint density at radius 1 is 0.286 bits per heavy atom. The summed E-state index contributed by atoms with van der Waals surface area (Å²) in [6.45, 7) is 0. The Morgan fingerprint density at radius 2 is 0.662 bits per heavy atom. The molecule has 0 fully saturated rings. The van der Waals surface area contributed by atoms with E-state index in [4.69, 9.17) is 14.6 Å². The molecule has 16 rings (SSSR count). The topological polar surface area (TPSA) is 64.3 Å². The first-order chi connectivity index (χ1) is 38.0. The lowest BCUT2D eigenvalue weighted by molar-refractivity contribution is 0.672. The van der Waals surface area contributed by atoms with Gasteiger partial charge in [-0.1, -0.05) is 210 Å². The summed E-state index contributed by atoms with van der Waals surface area (Å²) in [5.74, 6) is 0. The van der Waals surface area contributed by atoms with Gasteiger partial charge in [-0.05, 0) is 149 Å². The minimum atomic E-state index is 0.823. The largest absolute Gasteiger partial charge is 0.455 e. The number of nitrogens with two attached hydrogens (primary N) is 1. The van der Waals surface area contributed by atoms with Gasteiger partial charge in [0.2, 0.25) is 0 Å². The van der Waals surface area contributed by atoms with Crippen molar-refractivity contribution >= 4 is 142 Å². The van der Waals surface area contributed by atoms with Crippen LogP contribution in [0.4, 0.5) is 17.1 Å². The van der Waals surface area contributed by atoms with Gasteiger partial charge in [0, 0.05) is 53.9 Å². The molecule has 0 saturated carbocycles. The van der Waals surface area contributed by atoms with Gasteiger partial charge in [-0.3, -0.25) is 0 Å². The number of benzene rings is 14. The molecule has 3 N–H and O–H groups in total. The first-order valence-electron chi connectivity index (χ1n) is 25.9. The van der Waals surface area contributed by atoms with E-state index in [0.717, 1.165) is 82.1 Å². The monoisotopic (exact) mass is 1050 g/mol. The third-order valence-corrected chi connectivity index (χ3v) is 15.4. The van der Waals surface area contributed by atoms with Gasteiger partial charge in [-0.2, -0.15) is 0 Å². The lowest BCUT2D eigenvalue weighted by atomic mass is 9.96. The van der Waals surface area contributed by atoms with E-state index in [1.807, 2.05) is 30.3 Å². The molecule has 0 aliphatic rings. The highest BCUT2D eigenvalue weighted by atomic mass is 79.9. The third kappa shape index (κ3) is 8.44. The van der Waals surface area contributed by atoms with Gasteiger partial charge < -0.3 is 19.9 Å². The van der Waals surface area contributed by atoms with Crippen molar-refractivity contribution in [3.05, 3.63) is 271 Å². The Hall–Kier alpha value is -9.68. The number of hydrogen-bond acceptors (Lipinski definition) is 4. The fraction of sp³-hybridized carbons (Fsp3) is 0. The molecule has 0 bridgehead atoms. The average molecular weight is 1050 g/mol. The molecule has 0 amide bonds. The first kappa shape index (κ1) is 45.9. The predicted octanol–water partition coefficient (Wildman–Crippen LogP) is 21.2. The lowest BCUT2D eigenvalue weighted by Gasteiger charge is -2.09. The third-order valence-electron chi connectivity index (χ3n) is 14.9. The van der Waals surface area contributed by atoms with Gasteiger partial charge in [-0.15, -0.1) is 0 Å². The molecule has 0 saturated heterocycles. The molecule has 0 atom stereocenters. The summed E-state index contributed by atoms with van der Waals surface area (Å²) in [6.07, 6.45) is 0. The van der Waals surface area contributed by atoms with Crippen molar-refractivity contribution in [1.29, 1.82) is 0 Å². The van der Waals surface area contributed by atoms with Crippen LogP contribution in [0.2, 0.25) is 0 Å². The highest BCUT2D eigenvalue weighted by molar-refractivity contribution is 9.10. The molecule has 0 unspecified atom stereocenters. The van der Waals surface area contributed by atoms with E-state index in [-0.39, 0.29) is 0 Å². The van der Waals surface area contributed by atoms with E-state index in [1.165, 1.54) is 70.2 Å². The second kappa shape index (κ2) is 19.2. The Balaban J connectivity index is 0.000000121. The minimum absolute atomic E-state index is 0.823. The van der Waals surface area contributed by atoms with Crippen LogP contribution in [0.1, 0.15) is 0 Å². The maximum absolute atomic E-state index is 6.56. The summed E-state index contributed by atoms with van der Waals surface area (Å²) >= 11 is 3.51. The van der Waals surface area contributed by atoms with E-state index in [1.54, 1.807) is 0 Å². The number of nitrogen functional groups attached to an aromatic ring is 1. The molecule has 0 spiro atoms. The highest BCUT2D eigenvalue weighted by Crippen LogP contribution is 2.44. The number of nitrogens with one attached hydrogen (secondary N) is 1. The number of hydrogen-bond donors (Lipinski definition) is 2. The minimum Gasteiger partial charge on any atom is -0.455 e. The zero-order valence-electron chi connectivity index (χ0n) is 41.7. The van der Waals surface area contributed by atoms with Crippen molar-refractivity contribution in [3.63, 3.8) is 0 Å². The fourth-order valence-electron chi connectivity index (χ4n) is 11.2. The van der Waals surface area contributed by atoms with Crippen LogP contribution in [0.15, 0.2) is 280 Å². The van der Waals surface area contributed by atoms with E-state index >= 15 is 0 Å². The second-order valence-electron chi connectivity index (χ2n) is 19.6. The van der Waals surface area contributed by atoms with Gasteiger partial charge in [0.1, 0.15) is 22.3 Å². The van der Waals surface area contributed by atoms with Crippen molar-refractivity contribution in [3.8, 4) is 22.3 Å². The molecule has 2 aromatic heterocycles. The predicted molar refractivity (Wildman–Crippen MR) is 332 cm³/mol. The molecule has 0 aliphatic heterocycles. The smallest absolute Gasteiger partial charge is 0.143 e. The first-order valence-corrected chi connectivity index (χ1v) is 26.6. The number of rotatable bonds is 4. The molecule has 16 aromatic rings. The normalized spacial score (nSPS) is 11.5. The zero-order valence-corrected chi connectivity index (χ0v) is 43.3. The molecule has 364 valence electrons. The van der Waals surface area contributed by atoms with Crippen molar-refractivity contribution in [2.24, 2.45) is 0 Å². The van der Waals surface area contributed by atoms with Gasteiger partial charge in [0.15, 0.2) is 0 Å². The maximum atomic E-state index is 6.56. The zero-order chi connectivity index (χ0) is 51.4. The molecule has 4 nitrogen and oxygen atoms in total.